The third kappa shape index (κ3) is 3.57. The average Bonchev–Trinajstić information content (AvgIpc) is 3.10. The first-order valence-electron chi connectivity index (χ1n) is 9.23. The number of nitrogens with one attached hydrogen (secondary N) is 1. The zero-order valence-corrected chi connectivity index (χ0v) is 16.3. The molecule has 0 spiro atoms. The number of carbonyl (C=O) groups is 2. The standard InChI is InChI=1S/C23H18FNO5/c1-13(29-23(27)15-8-3-5-9-17(15)24)22(26)25-18-12-20-16(11-21(18)28-2)14-7-4-6-10-19(14)30-20/h3-13H,1-2H3,(H,25,26)/t13-/m0/s1. The summed E-state index contributed by atoms with van der Waals surface area (Å²) in [7, 11) is 1.49. The van der Waals surface area contributed by atoms with Crippen LogP contribution in [-0.4, -0.2) is 25.1 Å². The number of carbonyl (C=O) groups excluding carboxylic acids is 2. The van der Waals surface area contributed by atoms with E-state index in [0.29, 0.717) is 22.6 Å². The highest BCUT2D eigenvalue weighted by Crippen LogP contribution is 2.36. The number of rotatable bonds is 5. The molecule has 1 atom stereocenters. The number of para-hydroxylation sites is 1. The van der Waals surface area contributed by atoms with Gasteiger partial charge in [0.15, 0.2) is 6.10 Å². The van der Waals surface area contributed by atoms with E-state index in [2.05, 4.69) is 5.32 Å². The Kier molecular flexibility index (Phi) is 5.10. The summed E-state index contributed by atoms with van der Waals surface area (Å²) in [6.07, 6.45) is -1.16. The van der Waals surface area contributed by atoms with Crippen molar-refractivity contribution < 1.29 is 27.9 Å². The van der Waals surface area contributed by atoms with Crippen LogP contribution in [0.25, 0.3) is 21.9 Å². The first-order chi connectivity index (χ1) is 14.5. The molecule has 0 unspecified atom stereocenters. The number of hydrogen-bond acceptors (Lipinski definition) is 5. The van der Waals surface area contributed by atoms with Crippen LogP contribution in [-0.2, 0) is 9.53 Å². The Morgan fingerprint density at radius 1 is 1.00 bits per heavy atom. The minimum absolute atomic E-state index is 0.238. The van der Waals surface area contributed by atoms with E-state index < -0.39 is 23.8 Å². The summed E-state index contributed by atoms with van der Waals surface area (Å²) in [5, 5.41) is 4.45. The maximum atomic E-state index is 13.7. The number of furan rings is 1. The number of methoxy groups -OCH3 is 1. The number of amides is 1. The molecule has 0 bridgehead atoms. The summed E-state index contributed by atoms with van der Waals surface area (Å²) in [5.74, 6) is -1.80. The van der Waals surface area contributed by atoms with E-state index >= 15 is 0 Å². The molecule has 4 aromatic rings. The number of esters is 1. The highest BCUT2D eigenvalue weighted by Gasteiger charge is 2.22. The van der Waals surface area contributed by atoms with E-state index in [0.717, 1.165) is 16.8 Å². The molecule has 7 heteroatoms. The zero-order valence-electron chi connectivity index (χ0n) is 16.3. The lowest BCUT2D eigenvalue weighted by atomic mass is 10.1. The number of halogens is 1. The van der Waals surface area contributed by atoms with Gasteiger partial charge in [-0.15, -0.1) is 0 Å². The van der Waals surface area contributed by atoms with Crippen molar-refractivity contribution in [1.82, 2.24) is 0 Å². The summed E-state index contributed by atoms with van der Waals surface area (Å²) in [6.45, 7) is 1.40. The van der Waals surface area contributed by atoms with Crippen LogP contribution in [0.1, 0.15) is 17.3 Å². The van der Waals surface area contributed by atoms with E-state index in [9.17, 15) is 14.0 Å². The molecule has 0 aliphatic rings. The Morgan fingerprint density at radius 3 is 2.50 bits per heavy atom. The Balaban J connectivity index is 1.56. The van der Waals surface area contributed by atoms with Crippen molar-refractivity contribution in [2.75, 3.05) is 12.4 Å². The van der Waals surface area contributed by atoms with Gasteiger partial charge in [0.2, 0.25) is 0 Å². The summed E-state index contributed by atoms with van der Waals surface area (Å²) in [6, 6.07) is 16.4. The highest BCUT2D eigenvalue weighted by atomic mass is 19.1. The van der Waals surface area contributed by atoms with Gasteiger partial charge in [0, 0.05) is 16.8 Å². The van der Waals surface area contributed by atoms with Crippen molar-refractivity contribution in [2.24, 2.45) is 0 Å². The number of hydrogen-bond donors (Lipinski definition) is 1. The molecule has 1 amide bonds. The SMILES string of the molecule is COc1cc2c(cc1NC(=O)[C@H](C)OC(=O)c1ccccc1F)oc1ccccc12. The van der Waals surface area contributed by atoms with E-state index in [1.165, 1.54) is 32.2 Å². The molecule has 1 heterocycles. The van der Waals surface area contributed by atoms with Crippen molar-refractivity contribution in [3.63, 3.8) is 0 Å². The second-order valence-electron chi connectivity index (χ2n) is 6.66. The lowest BCUT2D eigenvalue weighted by molar-refractivity contribution is -0.123. The lowest BCUT2D eigenvalue weighted by Gasteiger charge is -2.15. The van der Waals surface area contributed by atoms with Crippen molar-refractivity contribution in [2.45, 2.75) is 13.0 Å². The number of fused-ring (bicyclic) bond motifs is 3. The van der Waals surface area contributed by atoms with Gasteiger partial charge >= 0.3 is 5.97 Å². The van der Waals surface area contributed by atoms with Crippen molar-refractivity contribution in [3.05, 3.63) is 72.0 Å². The zero-order chi connectivity index (χ0) is 21.3. The summed E-state index contributed by atoms with van der Waals surface area (Å²) >= 11 is 0. The quantitative estimate of drug-likeness (QED) is 0.475. The van der Waals surface area contributed by atoms with E-state index in [4.69, 9.17) is 13.9 Å². The predicted octanol–water partition coefficient (Wildman–Crippen LogP) is 4.92. The fourth-order valence-electron chi connectivity index (χ4n) is 3.16. The van der Waals surface area contributed by atoms with Crippen LogP contribution in [0.5, 0.6) is 5.75 Å². The Bertz CT molecular complexity index is 1260. The Labute approximate surface area is 171 Å². The van der Waals surface area contributed by atoms with Crippen molar-refractivity contribution >= 4 is 39.5 Å². The predicted molar refractivity (Wildman–Crippen MR) is 110 cm³/mol. The van der Waals surface area contributed by atoms with E-state index in [1.807, 2.05) is 24.3 Å². The molecule has 4 rings (SSSR count). The van der Waals surface area contributed by atoms with Gasteiger partial charge in [0.05, 0.1) is 18.4 Å². The van der Waals surface area contributed by atoms with Gasteiger partial charge in [0.25, 0.3) is 5.91 Å². The average molecular weight is 407 g/mol. The first-order valence-corrected chi connectivity index (χ1v) is 9.23. The molecule has 152 valence electrons. The monoisotopic (exact) mass is 407 g/mol. The van der Waals surface area contributed by atoms with Gasteiger partial charge < -0.3 is 19.2 Å². The molecule has 1 aromatic heterocycles. The van der Waals surface area contributed by atoms with Crippen LogP contribution in [0.4, 0.5) is 10.1 Å². The van der Waals surface area contributed by atoms with Gasteiger partial charge in [-0.3, -0.25) is 4.79 Å². The second-order valence-corrected chi connectivity index (χ2v) is 6.66. The fourth-order valence-corrected chi connectivity index (χ4v) is 3.16. The minimum Gasteiger partial charge on any atom is -0.495 e. The van der Waals surface area contributed by atoms with Crippen LogP contribution in [0, 0.1) is 5.82 Å². The van der Waals surface area contributed by atoms with Gasteiger partial charge in [0.1, 0.15) is 22.7 Å². The molecule has 0 fully saturated rings. The van der Waals surface area contributed by atoms with Crippen LogP contribution in [0.15, 0.2) is 65.1 Å². The molecule has 0 radical (unpaired) electrons. The molecule has 0 aliphatic heterocycles. The van der Waals surface area contributed by atoms with Crippen LogP contribution in [0.2, 0.25) is 0 Å². The summed E-state index contributed by atoms with van der Waals surface area (Å²) in [5.41, 5.74) is 1.41. The molecule has 0 saturated heterocycles. The Morgan fingerprint density at radius 2 is 1.73 bits per heavy atom. The van der Waals surface area contributed by atoms with Crippen molar-refractivity contribution in [3.8, 4) is 5.75 Å². The third-order valence-corrected chi connectivity index (χ3v) is 4.70. The molecular formula is C23H18FNO5. The molecular weight excluding hydrogens is 389 g/mol. The molecule has 0 saturated carbocycles. The summed E-state index contributed by atoms with van der Waals surface area (Å²) < 4.78 is 30.1. The largest absolute Gasteiger partial charge is 0.495 e. The lowest BCUT2D eigenvalue weighted by Crippen LogP contribution is -2.30. The second kappa shape index (κ2) is 7.87. The van der Waals surface area contributed by atoms with Crippen LogP contribution < -0.4 is 10.1 Å². The van der Waals surface area contributed by atoms with Crippen LogP contribution in [0.3, 0.4) is 0 Å². The van der Waals surface area contributed by atoms with Gasteiger partial charge in [-0.05, 0) is 31.2 Å². The topological polar surface area (TPSA) is 77.8 Å². The maximum Gasteiger partial charge on any atom is 0.341 e. The smallest absolute Gasteiger partial charge is 0.341 e. The molecule has 6 nitrogen and oxygen atoms in total. The van der Waals surface area contributed by atoms with E-state index in [-0.39, 0.29) is 5.56 Å². The van der Waals surface area contributed by atoms with Gasteiger partial charge in [-0.25, -0.2) is 9.18 Å². The van der Waals surface area contributed by atoms with Gasteiger partial charge in [-0.1, -0.05) is 30.3 Å². The molecule has 0 aliphatic carbocycles. The number of benzene rings is 3. The molecule has 1 N–H and O–H groups in total. The highest BCUT2D eigenvalue weighted by molar-refractivity contribution is 6.08. The third-order valence-electron chi connectivity index (χ3n) is 4.70. The van der Waals surface area contributed by atoms with Crippen molar-refractivity contribution in [1.29, 1.82) is 0 Å². The molecule has 30 heavy (non-hydrogen) atoms. The number of ether oxygens (including phenoxy) is 2. The van der Waals surface area contributed by atoms with Crippen LogP contribution >= 0.6 is 0 Å². The fraction of sp³-hybridized carbons (Fsp3) is 0.130. The molecule has 3 aromatic carbocycles. The number of anilines is 1. The van der Waals surface area contributed by atoms with E-state index in [1.54, 1.807) is 12.1 Å². The maximum absolute atomic E-state index is 13.7. The normalized spacial score (nSPS) is 12.0. The van der Waals surface area contributed by atoms with Gasteiger partial charge in [-0.2, -0.15) is 0 Å². The minimum atomic E-state index is -1.16. The first kappa shape index (κ1) is 19.4. The summed E-state index contributed by atoms with van der Waals surface area (Å²) in [4.78, 5) is 24.7. The Hall–Kier alpha value is -3.87.